The van der Waals surface area contributed by atoms with Crippen LogP contribution in [0.3, 0.4) is 0 Å². The number of hydrogen-bond acceptors (Lipinski definition) is 11. The minimum atomic E-state index is -2.67. The maximum atomic E-state index is 5.64. The zero-order valence-electron chi connectivity index (χ0n) is 23.4. The van der Waals surface area contributed by atoms with Gasteiger partial charge in [0, 0.05) is 74.7 Å². The van der Waals surface area contributed by atoms with Gasteiger partial charge in [-0.25, -0.2) is 0 Å². The van der Waals surface area contributed by atoms with E-state index in [0.29, 0.717) is 33.0 Å². The average molecular weight is 585 g/mol. The molecule has 0 radical (unpaired) electrons. The van der Waals surface area contributed by atoms with E-state index in [1.165, 1.54) is 0 Å². The molecule has 0 aromatic heterocycles. The fraction of sp³-hybridized carbons (Fsp3) is 1.00. The summed E-state index contributed by atoms with van der Waals surface area (Å²) < 4.78 is 58.8. The molecule has 0 aliphatic carbocycles. The fourth-order valence-electron chi connectivity index (χ4n) is 2.37. The first kappa shape index (κ1) is 39.2. The normalized spacial score (nSPS) is 12.8. The Labute approximate surface area is 216 Å². The lowest BCUT2D eigenvalue weighted by Gasteiger charge is -2.28. The molecule has 0 aromatic carbocycles. The monoisotopic (exact) mass is 584 g/mol. The molecule has 0 bridgehead atoms. The first-order valence-corrected chi connectivity index (χ1v) is 22.1. The topological polar surface area (TPSA) is 102 Å². The lowest BCUT2D eigenvalue weighted by molar-refractivity contribution is 0.0877. The van der Waals surface area contributed by atoms with Crippen molar-refractivity contribution in [2.24, 2.45) is 0 Å². The van der Waals surface area contributed by atoms with Crippen molar-refractivity contribution < 1.29 is 48.7 Å². The molecule has 34 heavy (non-hydrogen) atoms. The third-order valence-electron chi connectivity index (χ3n) is 3.82. The highest BCUT2D eigenvalue weighted by molar-refractivity contribution is 7.19. The van der Waals surface area contributed by atoms with E-state index >= 15 is 0 Å². The maximum absolute atomic E-state index is 5.64. The highest BCUT2D eigenvalue weighted by Crippen LogP contribution is 2.12. The molecular formula is C18H52O11Si5. The van der Waals surface area contributed by atoms with Crippen LogP contribution in [-0.4, -0.2) is 119 Å². The Morgan fingerprint density at radius 1 is 0.559 bits per heavy atom. The summed E-state index contributed by atoms with van der Waals surface area (Å²) in [6.45, 7) is 18.5. The Morgan fingerprint density at radius 2 is 0.971 bits per heavy atom. The minimum Gasteiger partial charge on any atom is -0.418 e. The second kappa shape index (κ2) is 28.2. The molecule has 11 nitrogen and oxygen atoms in total. The van der Waals surface area contributed by atoms with E-state index in [4.69, 9.17) is 48.7 Å². The van der Waals surface area contributed by atoms with Crippen molar-refractivity contribution in [3.05, 3.63) is 0 Å². The van der Waals surface area contributed by atoms with Crippen molar-refractivity contribution in [3.8, 4) is 0 Å². The molecule has 1 atom stereocenters. The summed E-state index contributed by atoms with van der Waals surface area (Å²) >= 11 is 0. The lowest BCUT2D eigenvalue weighted by Crippen LogP contribution is -2.60. The van der Waals surface area contributed by atoms with E-state index in [1.54, 1.807) is 28.4 Å². The van der Waals surface area contributed by atoms with Gasteiger partial charge in [0.1, 0.15) is 0 Å². The molecule has 0 N–H and O–H groups in total. The summed E-state index contributed by atoms with van der Waals surface area (Å²) in [5, 5.41) is 0. The van der Waals surface area contributed by atoms with Gasteiger partial charge in [-0.05, 0) is 48.5 Å². The first-order valence-electron chi connectivity index (χ1n) is 11.8. The molecule has 0 fully saturated rings. The largest absolute Gasteiger partial charge is 0.534 e. The van der Waals surface area contributed by atoms with Crippen LogP contribution in [0.2, 0.25) is 0 Å². The minimum absolute atomic E-state index is 0.579. The van der Waals surface area contributed by atoms with Gasteiger partial charge in [-0.3, -0.25) is 0 Å². The van der Waals surface area contributed by atoms with Gasteiger partial charge in [-0.2, -0.15) is 0 Å². The van der Waals surface area contributed by atoms with Gasteiger partial charge >= 0.3 is 35.5 Å². The third-order valence-corrected chi connectivity index (χ3v) is 20.0. The van der Waals surface area contributed by atoms with Crippen LogP contribution in [0.15, 0.2) is 0 Å². The molecule has 0 saturated heterocycles. The van der Waals surface area contributed by atoms with Crippen molar-refractivity contribution in [2.45, 2.75) is 48.5 Å². The van der Waals surface area contributed by atoms with Gasteiger partial charge in [0.2, 0.25) is 0 Å². The lowest BCUT2D eigenvalue weighted by atomic mass is 10.9. The van der Waals surface area contributed by atoms with E-state index in [-0.39, 0.29) is 0 Å². The van der Waals surface area contributed by atoms with Crippen LogP contribution >= 0.6 is 0 Å². The van der Waals surface area contributed by atoms with E-state index < -0.39 is 44.7 Å². The van der Waals surface area contributed by atoms with Crippen molar-refractivity contribution >= 4 is 44.7 Å². The predicted octanol–water partition coefficient (Wildman–Crippen LogP) is 0.556. The standard InChI is InChI=1S/C8H22O4Si2.C6H18O5Si2.C4H12O2Si/c1-5-9-13-14(10-6-2,11-7-3)12-8-4;1-6-11-12(7-2)13(8-3,9-4)10-5;1-3-5-7-6-4-2/h5-8,13H2,1-4H3;12H,6H2,1-5H3;3-4,7H2,1-2H3. The molecule has 0 saturated carbocycles. The second-order valence-electron chi connectivity index (χ2n) is 5.96. The van der Waals surface area contributed by atoms with E-state index in [9.17, 15) is 0 Å². The number of rotatable bonds is 20. The Kier molecular flexibility index (Phi) is 32.5. The van der Waals surface area contributed by atoms with E-state index in [1.807, 2.05) is 48.5 Å². The van der Waals surface area contributed by atoms with E-state index in [0.717, 1.165) is 13.2 Å². The highest BCUT2D eigenvalue weighted by Gasteiger charge is 2.52. The van der Waals surface area contributed by atoms with Gasteiger partial charge < -0.3 is 48.7 Å². The zero-order valence-corrected chi connectivity index (χ0v) is 29.4. The summed E-state index contributed by atoms with van der Waals surface area (Å²) in [7, 11) is -2.25. The van der Waals surface area contributed by atoms with Crippen molar-refractivity contribution in [2.75, 3.05) is 74.7 Å². The van der Waals surface area contributed by atoms with Gasteiger partial charge in [0.15, 0.2) is 0 Å². The Morgan fingerprint density at radius 3 is 1.24 bits per heavy atom. The van der Waals surface area contributed by atoms with Gasteiger partial charge in [0.25, 0.3) is 9.28 Å². The van der Waals surface area contributed by atoms with Crippen LogP contribution in [0.4, 0.5) is 0 Å². The van der Waals surface area contributed by atoms with Crippen molar-refractivity contribution in [1.82, 2.24) is 0 Å². The molecule has 16 heteroatoms. The molecule has 1 unspecified atom stereocenters. The number of hydrogen-bond donors (Lipinski definition) is 0. The molecule has 0 heterocycles. The zero-order chi connectivity index (χ0) is 26.7. The smallest absolute Gasteiger partial charge is 0.418 e. The Balaban J connectivity index is -0.000000448. The molecule has 0 aliphatic heterocycles. The Hall–Kier alpha value is 0.644. The summed E-state index contributed by atoms with van der Waals surface area (Å²) in [5.41, 5.74) is 0. The SMILES string of the molecule is CCO[SiH2]OCC.CCO[SiH2][Si](OCC)(OCC)OCC.CCO[SiH](OC)[Si](OC)(OC)OC. The van der Waals surface area contributed by atoms with E-state index in [2.05, 4.69) is 0 Å². The van der Waals surface area contributed by atoms with Crippen molar-refractivity contribution in [3.63, 3.8) is 0 Å². The summed E-state index contributed by atoms with van der Waals surface area (Å²) in [4.78, 5) is 0. The fourth-order valence-corrected chi connectivity index (χ4v) is 14.8. The quantitative estimate of drug-likeness (QED) is 0.148. The molecular weight excluding hydrogens is 533 g/mol. The molecule has 0 spiro atoms. The van der Waals surface area contributed by atoms with Crippen LogP contribution in [0, 0.1) is 0 Å². The van der Waals surface area contributed by atoms with Crippen molar-refractivity contribution in [1.29, 1.82) is 0 Å². The van der Waals surface area contributed by atoms with Crippen LogP contribution in [0.5, 0.6) is 0 Å². The molecule has 0 aromatic rings. The Bertz CT molecular complexity index is 370. The van der Waals surface area contributed by atoms with Crippen LogP contribution in [0.25, 0.3) is 0 Å². The van der Waals surface area contributed by atoms with Gasteiger partial charge in [-0.15, -0.1) is 0 Å². The summed E-state index contributed by atoms with van der Waals surface area (Å²) in [6, 6.07) is 0. The van der Waals surface area contributed by atoms with Crippen LogP contribution < -0.4 is 0 Å². The van der Waals surface area contributed by atoms with Gasteiger partial charge in [0.05, 0.1) is 0 Å². The summed E-state index contributed by atoms with van der Waals surface area (Å²) in [6.07, 6.45) is 0. The predicted molar refractivity (Wildman–Crippen MR) is 145 cm³/mol. The average Bonchev–Trinajstić information content (AvgIpc) is 2.85. The maximum Gasteiger partial charge on any atom is 0.534 e. The molecule has 0 rings (SSSR count). The third kappa shape index (κ3) is 18.8. The molecule has 0 aliphatic rings. The van der Waals surface area contributed by atoms with Crippen LogP contribution in [-0.2, 0) is 48.7 Å². The second-order valence-corrected chi connectivity index (χ2v) is 20.8. The molecule has 0 amide bonds. The first-order chi connectivity index (χ1) is 16.4. The highest BCUT2D eigenvalue weighted by atomic mass is 29.3. The van der Waals surface area contributed by atoms with Gasteiger partial charge in [-0.1, -0.05) is 0 Å². The molecule has 210 valence electrons. The summed E-state index contributed by atoms with van der Waals surface area (Å²) in [5.74, 6) is 0. The van der Waals surface area contributed by atoms with Crippen LogP contribution in [0.1, 0.15) is 48.5 Å².